The third-order valence-corrected chi connectivity index (χ3v) is 6.44. The summed E-state index contributed by atoms with van der Waals surface area (Å²) in [5.74, 6) is 0. The molecule has 0 aliphatic heterocycles. The summed E-state index contributed by atoms with van der Waals surface area (Å²) in [6.45, 7) is 6.47. The van der Waals surface area contributed by atoms with Crippen molar-refractivity contribution >= 4 is 44.3 Å². The molecule has 2 aromatic carbocycles. The molecule has 12 heteroatoms. The van der Waals surface area contributed by atoms with Crippen molar-refractivity contribution in [1.82, 2.24) is 10.6 Å². The summed E-state index contributed by atoms with van der Waals surface area (Å²) in [5.41, 5.74) is 2.08. The van der Waals surface area contributed by atoms with Gasteiger partial charge in [0.1, 0.15) is 0 Å². The number of aliphatic imine (C=N–C) groups is 2. The molecule has 0 spiro atoms. The van der Waals surface area contributed by atoms with Gasteiger partial charge in [-0.25, -0.2) is 10.5 Å². The molecule has 0 unspecified atom stereocenters. The van der Waals surface area contributed by atoms with Crippen molar-refractivity contribution in [2.75, 3.05) is 13.1 Å². The zero-order valence-corrected chi connectivity index (χ0v) is 23.4. The van der Waals surface area contributed by atoms with E-state index < -0.39 is 0 Å². The molecule has 0 aromatic heterocycles. The minimum Gasteiger partial charge on any atom is -0.365 e. The molecule has 0 aliphatic carbocycles. The molecule has 10 nitrogen and oxygen atoms in total. The molecule has 0 heterocycles. The zero-order valence-electron chi connectivity index (χ0n) is 21.7. The second kappa shape index (κ2) is 20.0. The fourth-order valence-corrected chi connectivity index (χ4v) is 4.01. The maximum atomic E-state index is 9.45. The van der Waals surface area contributed by atoms with E-state index in [0.717, 1.165) is 66.9 Å². The fourth-order valence-electron chi connectivity index (χ4n) is 2.84. The van der Waals surface area contributed by atoms with Gasteiger partial charge in [0.25, 0.3) is 0 Å². The quantitative estimate of drug-likeness (QED) is 0.0871. The highest BCUT2D eigenvalue weighted by Gasteiger charge is 2.13. The van der Waals surface area contributed by atoms with Crippen molar-refractivity contribution in [3.63, 3.8) is 0 Å². The maximum Gasteiger partial charge on any atom is 0.317 e. The van der Waals surface area contributed by atoms with Gasteiger partial charge in [-0.05, 0) is 24.0 Å². The first-order valence-corrected chi connectivity index (χ1v) is 14.1. The minimum absolute atomic E-state index is 0.181. The lowest BCUT2D eigenvalue weighted by atomic mass is 10.2. The van der Waals surface area contributed by atoms with Crippen molar-refractivity contribution in [2.45, 2.75) is 52.6 Å². The summed E-state index contributed by atoms with van der Waals surface area (Å²) in [4.78, 5) is 18.0. The highest BCUT2D eigenvalue weighted by atomic mass is 32.2. The Morgan fingerprint density at radius 3 is 1.84 bits per heavy atom. The average molecular weight is 561 g/mol. The molecule has 0 atom stereocenters. The van der Waals surface area contributed by atoms with Crippen molar-refractivity contribution in [2.24, 2.45) is 20.2 Å². The lowest BCUT2D eigenvalue weighted by molar-refractivity contribution is -0.152. The first-order valence-electron chi connectivity index (χ1n) is 12.5. The predicted molar refractivity (Wildman–Crippen MR) is 158 cm³/mol. The first kappa shape index (κ1) is 31.2. The van der Waals surface area contributed by atoms with E-state index in [-0.39, 0.29) is 10.5 Å². The Kier molecular flexibility index (Phi) is 16.4. The standard InChI is InChI=1S/C26H36N6O4S2/c1-3-5-17-27-23(28-18-6-4-2)37-25(35-33)31-32-26(36-34)38-24(29-19-21-13-9-7-10-14-21)30-20-22-15-11-8-12-16-22/h7-16,33-34H,3-6,17-20H2,1-2H3,(H,27,28)(H,29,30). The lowest BCUT2D eigenvalue weighted by Gasteiger charge is -2.10. The molecule has 0 amide bonds. The molecule has 0 radical (unpaired) electrons. The van der Waals surface area contributed by atoms with Crippen LogP contribution in [0.1, 0.15) is 50.7 Å². The fraction of sp³-hybridized carbons (Fsp3) is 0.385. The largest absolute Gasteiger partial charge is 0.365 e. The molecule has 2 aromatic rings. The van der Waals surface area contributed by atoms with Crippen LogP contribution in [0.2, 0.25) is 0 Å². The number of hydrogen-bond acceptors (Lipinski definition) is 10. The Bertz CT molecular complexity index is 1040. The van der Waals surface area contributed by atoms with Crippen LogP contribution in [0.5, 0.6) is 0 Å². The number of unbranched alkanes of at least 4 members (excludes halogenated alkanes) is 2. The highest BCUT2D eigenvalue weighted by Crippen LogP contribution is 2.13. The number of benzene rings is 2. The van der Waals surface area contributed by atoms with Gasteiger partial charge in [-0.3, -0.25) is 9.98 Å². The normalized spacial score (nSPS) is 12.8. The van der Waals surface area contributed by atoms with Crippen LogP contribution in [0.25, 0.3) is 0 Å². The zero-order chi connectivity index (χ0) is 27.3. The Morgan fingerprint density at radius 1 is 0.737 bits per heavy atom. The number of amidine groups is 2. The van der Waals surface area contributed by atoms with Crippen LogP contribution in [0, 0.1) is 0 Å². The van der Waals surface area contributed by atoms with Gasteiger partial charge in [0.2, 0.25) is 0 Å². The van der Waals surface area contributed by atoms with Gasteiger partial charge < -0.3 is 20.4 Å². The van der Waals surface area contributed by atoms with E-state index in [9.17, 15) is 10.5 Å². The molecular formula is C26H36N6O4S2. The average Bonchev–Trinajstić information content (AvgIpc) is 2.96. The number of nitrogens with one attached hydrogen (secondary N) is 2. The Morgan fingerprint density at radius 2 is 1.29 bits per heavy atom. The Balaban J connectivity index is 2.15. The molecule has 0 saturated heterocycles. The van der Waals surface area contributed by atoms with Crippen LogP contribution in [-0.4, -0.2) is 44.4 Å². The van der Waals surface area contributed by atoms with Gasteiger partial charge in [0, 0.05) is 43.2 Å². The lowest BCUT2D eigenvalue weighted by Crippen LogP contribution is -2.24. The first-order chi connectivity index (χ1) is 18.7. The van der Waals surface area contributed by atoms with Crippen molar-refractivity contribution in [1.29, 1.82) is 0 Å². The van der Waals surface area contributed by atoms with E-state index in [1.807, 2.05) is 60.7 Å². The van der Waals surface area contributed by atoms with Crippen LogP contribution in [-0.2, 0) is 22.9 Å². The van der Waals surface area contributed by atoms with E-state index >= 15 is 0 Å². The van der Waals surface area contributed by atoms with Gasteiger partial charge >= 0.3 is 10.5 Å². The number of hydrogen-bond donors (Lipinski definition) is 4. The van der Waals surface area contributed by atoms with E-state index in [4.69, 9.17) is 0 Å². The molecule has 0 saturated carbocycles. The summed E-state index contributed by atoms with van der Waals surface area (Å²) >= 11 is 1.95. The minimum atomic E-state index is -0.212. The Hall–Kier alpha value is -3.06. The summed E-state index contributed by atoms with van der Waals surface area (Å²) in [6.07, 6.45) is 3.95. The van der Waals surface area contributed by atoms with Crippen LogP contribution in [0.3, 0.4) is 0 Å². The monoisotopic (exact) mass is 560 g/mol. The van der Waals surface area contributed by atoms with Crippen LogP contribution in [0.15, 0.2) is 80.9 Å². The van der Waals surface area contributed by atoms with E-state index in [2.05, 4.69) is 54.4 Å². The van der Waals surface area contributed by atoms with E-state index in [1.165, 1.54) is 0 Å². The molecule has 4 N–H and O–H groups in total. The highest BCUT2D eigenvalue weighted by molar-refractivity contribution is 8.26. The smallest absolute Gasteiger partial charge is 0.317 e. The van der Waals surface area contributed by atoms with Crippen LogP contribution in [0.4, 0.5) is 0 Å². The third kappa shape index (κ3) is 13.5. The molecule has 0 fully saturated rings. The number of nitrogens with zero attached hydrogens (tertiary/aromatic N) is 4. The second-order valence-electron chi connectivity index (χ2n) is 7.89. The topological polar surface area (TPSA) is 132 Å². The van der Waals surface area contributed by atoms with Crippen molar-refractivity contribution in [3.05, 3.63) is 71.8 Å². The number of thioether (sulfide) groups is 2. The van der Waals surface area contributed by atoms with Gasteiger partial charge in [-0.1, -0.05) is 97.6 Å². The Labute approximate surface area is 232 Å². The molecule has 0 bridgehead atoms. The summed E-state index contributed by atoms with van der Waals surface area (Å²) in [7, 11) is 0. The second-order valence-corrected chi connectivity index (χ2v) is 9.77. The predicted octanol–water partition coefficient (Wildman–Crippen LogP) is 5.95. The molecule has 206 valence electrons. The van der Waals surface area contributed by atoms with Crippen molar-refractivity contribution < 1.29 is 20.3 Å². The molecule has 2 rings (SSSR count). The molecule has 0 aliphatic rings. The van der Waals surface area contributed by atoms with Gasteiger partial charge in [-0.15, -0.1) is 0 Å². The summed E-state index contributed by atoms with van der Waals surface area (Å²) < 4.78 is 0. The van der Waals surface area contributed by atoms with Crippen molar-refractivity contribution in [3.8, 4) is 0 Å². The third-order valence-electron chi connectivity index (χ3n) is 4.85. The SMILES string of the molecule is CCCCN=C(NCCCC)SC(=NN=C(OO)SC(=NCc1ccccc1)NCc1ccccc1)OO. The van der Waals surface area contributed by atoms with Crippen LogP contribution >= 0.6 is 23.5 Å². The molecular weight excluding hydrogens is 524 g/mol. The van der Waals surface area contributed by atoms with Gasteiger partial charge in [-0.2, -0.15) is 0 Å². The van der Waals surface area contributed by atoms with Gasteiger partial charge in [0.05, 0.1) is 6.54 Å². The van der Waals surface area contributed by atoms with E-state index in [1.54, 1.807) is 0 Å². The molecule has 38 heavy (non-hydrogen) atoms. The number of rotatable bonds is 11. The van der Waals surface area contributed by atoms with Crippen LogP contribution < -0.4 is 10.6 Å². The van der Waals surface area contributed by atoms with E-state index in [0.29, 0.717) is 30.0 Å². The summed E-state index contributed by atoms with van der Waals surface area (Å²) in [6, 6.07) is 19.6. The van der Waals surface area contributed by atoms with Gasteiger partial charge in [0.15, 0.2) is 10.3 Å². The summed E-state index contributed by atoms with van der Waals surface area (Å²) in [5, 5.41) is 33.7. The maximum absolute atomic E-state index is 9.45.